The Morgan fingerprint density at radius 2 is 2.06 bits per heavy atom. The van der Waals surface area contributed by atoms with Crippen molar-refractivity contribution in [1.82, 2.24) is 5.32 Å². The van der Waals surface area contributed by atoms with Crippen LogP contribution in [0, 0.1) is 3.57 Å². The Bertz CT molecular complexity index is 291. The average Bonchev–Trinajstić information content (AvgIpc) is 2.29. The molecule has 1 unspecified atom stereocenters. The number of halogens is 1. The minimum Gasteiger partial charge on any atom is -0.310 e. The molecule has 0 saturated carbocycles. The molecule has 0 aliphatic carbocycles. The van der Waals surface area contributed by atoms with Gasteiger partial charge in [-0.05, 0) is 59.7 Å². The summed E-state index contributed by atoms with van der Waals surface area (Å²) in [5.74, 6) is 0. The molecule has 0 spiro atoms. The van der Waals surface area contributed by atoms with Gasteiger partial charge in [-0.15, -0.1) is 0 Å². The molecular formula is C14H22IN. The molecule has 0 amide bonds. The van der Waals surface area contributed by atoms with E-state index >= 15 is 0 Å². The van der Waals surface area contributed by atoms with E-state index in [0.717, 1.165) is 6.54 Å². The lowest BCUT2D eigenvalue weighted by Crippen LogP contribution is -2.22. The molecule has 0 saturated heterocycles. The van der Waals surface area contributed by atoms with E-state index in [1.165, 1.54) is 34.8 Å². The van der Waals surface area contributed by atoms with E-state index in [-0.39, 0.29) is 0 Å². The molecule has 16 heavy (non-hydrogen) atoms. The van der Waals surface area contributed by atoms with Gasteiger partial charge in [0.05, 0.1) is 0 Å². The maximum Gasteiger partial charge on any atom is 0.0320 e. The van der Waals surface area contributed by atoms with Crippen LogP contribution in [0.15, 0.2) is 24.3 Å². The molecule has 0 bridgehead atoms. The largest absolute Gasteiger partial charge is 0.310 e. The fraction of sp³-hybridized carbons (Fsp3) is 0.571. The van der Waals surface area contributed by atoms with Crippen molar-refractivity contribution in [3.63, 3.8) is 0 Å². The number of nitrogens with one attached hydrogen (secondary N) is 1. The molecule has 1 aromatic rings. The average molecular weight is 331 g/mol. The molecular weight excluding hydrogens is 309 g/mol. The van der Waals surface area contributed by atoms with Gasteiger partial charge in [-0.25, -0.2) is 0 Å². The molecule has 2 heteroatoms. The van der Waals surface area contributed by atoms with Gasteiger partial charge in [-0.1, -0.05) is 38.8 Å². The summed E-state index contributed by atoms with van der Waals surface area (Å²) in [6, 6.07) is 9.38. The highest BCUT2D eigenvalue weighted by molar-refractivity contribution is 14.1. The van der Waals surface area contributed by atoms with Gasteiger partial charge in [-0.2, -0.15) is 0 Å². The second-order valence-corrected chi connectivity index (χ2v) is 5.45. The fourth-order valence-electron chi connectivity index (χ4n) is 1.84. The zero-order valence-electron chi connectivity index (χ0n) is 10.3. The monoisotopic (exact) mass is 331 g/mol. The highest BCUT2D eigenvalue weighted by Gasteiger charge is 2.09. The van der Waals surface area contributed by atoms with E-state index in [4.69, 9.17) is 0 Å². The summed E-state index contributed by atoms with van der Waals surface area (Å²) in [4.78, 5) is 0. The highest BCUT2D eigenvalue weighted by Crippen LogP contribution is 2.21. The molecule has 0 radical (unpaired) electrons. The highest BCUT2D eigenvalue weighted by atomic mass is 127. The first-order valence-corrected chi connectivity index (χ1v) is 7.34. The molecule has 90 valence electrons. The zero-order chi connectivity index (χ0) is 11.8. The summed E-state index contributed by atoms with van der Waals surface area (Å²) in [7, 11) is 0. The van der Waals surface area contributed by atoms with Crippen molar-refractivity contribution >= 4 is 22.6 Å². The van der Waals surface area contributed by atoms with Crippen LogP contribution >= 0.6 is 22.6 Å². The van der Waals surface area contributed by atoms with E-state index in [1.807, 2.05) is 0 Å². The van der Waals surface area contributed by atoms with Crippen molar-refractivity contribution in [1.29, 1.82) is 0 Å². The SMILES string of the molecule is CCCCC(NCCC)c1cccc(I)c1. The maximum atomic E-state index is 3.64. The van der Waals surface area contributed by atoms with Crippen LogP contribution in [0.5, 0.6) is 0 Å². The number of unbranched alkanes of at least 4 members (excludes halogenated alkanes) is 1. The topological polar surface area (TPSA) is 12.0 Å². The summed E-state index contributed by atoms with van der Waals surface area (Å²) < 4.78 is 1.33. The quantitative estimate of drug-likeness (QED) is 0.724. The Labute approximate surface area is 113 Å². The van der Waals surface area contributed by atoms with Gasteiger partial charge in [0.1, 0.15) is 0 Å². The summed E-state index contributed by atoms with van der Waals surface area (Å²) in [5.41, 5.74) is 1.44. The lowest BCUT2D eigenvalue weighted by Gasteiger charge is -2.19. The predicted molar refractivity (Wildman–Crippen MR) is 79.7 cm³/mol. The Morgan fingerprint density at radius 3 is 2.69 bits per heavy atom. The number of rotatable bonds is 7. The van der Waals surface area contributed by atoms with E-state index in [0.29, 0.717) is 6.04 Å². The second kappa shape index (κ2) is 8.07. The van der Waals surface area contributed by atoms with Crippen LogP contribution in [0.25, 0.3) is 0 Å². The molecule has 0 aliphatic heterocycles. The lowest BCUT2D eigenvalue weighted by molar-refractivity contribution is 0.481. The van der Waals surface area contributed by atoms with Gasteiger partial charge in [0.15, 0.2) is 0 Å². The van der Waals surface area contributed by atoms with Crippen molar-refractivity contribution in [3.8, 4) is 0 Å². The van der Waals surface area contributed by atoms with Crippen molar-refractivity contribution in [2.45, 2.75) is 45.6 Å². The molecule has 1 rings (SSSR count). The van der Waals surface area contributed by atoms with E-state index in [1.54, 1.807) is 0 Å². The Kier molecular flexibility index (Phi) is 7.05. The van der Waals surface area contributed by atoms with Gasteiger partial charge in [-0.3, -0.25) is 0 Å². The minimum atomic E-state index is 0.537. The first-order valence-electron chi connectivity index (χ1n) is 6.26. The fourth-order valence-corrected chi connectivity index (χ4v) is 2.40. The first-order chi connectivity index (χ1) is 7.77. The third kappa shape index (κ3) is 4.83. The zero-order valence-corrected chi connectivity index (χ0v) is 12.5. The summed E-state index contributed by atoms with van der Waals surface area (Å²) in [6.45, 7) is 5.59. The number of benzene rings is 1. The molecule has 0 aromatic heterocycles. The third-order valence-corrected chi connectivity index (χ3v) is 3.41. The van der Waals surface area contributed by atoms with E-state index < -0.39 is 0 Å². The van der Waals surface area contributed by atoms with Gasteiger partial charge in [0, 0.05) is 9.61 Å². The van der Waals surface area contributed by atoms with Gasteiger partial charge in [0.2, 0.25) is 0 Å². The van der Waals surface area contributed by atoms with E-state index in [9.17, 15) is 0 Å². The lowest BCUT2D eigenvalue weighted by atomic mass is 10.0. The summed E-state index contributed by atoms with van der Waals surface area (Å²) in [5, 5.41) is 3.64. The van der Waals surface area contributed by atoms with Crippen LogP contribution in [0.4, 0.5) is 0 Å². The smallest absolute Gasteiger partial charge is 0.0320 e. The van der Waals surface area contributed by atoms with Gasteiger partial charge >= 0.3 is 0 Å². The summed E-state index contributed by atoms with van der Waals surface area (Å²) >= 11 is 2.39. The van der Waals surface area contributed by atoms with Crippen molar-refractivity contribution in [3.05, 3.63) is 33.4 Å². The molecule has 0 aliphatic rings. The van der Waals surface area contributed by atoms with Crippen LogP contribution < -0.4 is 5.32 Å². The van der Waals surface area contributed by atoms with Crippen LogP contribution in [0.1, 0.15) is 51.1 Å². The Morgan fingerprint density at radius 1 is 1.25 bits per heavy atom. The van der Waals surface area contributed by atoms with Crippen LogP contribution in [0.3, 0.4) is 0 Å². The number of hydrogen-bond acceptors (Lipinski definition) is 1. The van der Waals surface area contributed by atoms with Crippen molar-refractivity contribution in [2.75, 3.05) is 6.54 Å². The molecule has 1 atom stereocenters. The van der Waals surface area contributed by atoms with Crippen LogP contribution in [-0.2, 0) is 0 Å². The van der Waals surface area contributed by atoms with Gasteiger partial charge in [0.25, 0.3) is 0 Å². The molecule has 1 nitrogen and oxygen atoms in total. The van der Waals surface area contributed by atoms with Crippen molar-refractivity contribution < 1.29 is 0 Å². The normalized spacial score (nSPS) is 12.7. The summed E-state index contributed by atoms with van der Waals surface area (Å²) in [6.07, 6.45) is 5.02. The number of hydrogen-bond donors (Lipinski definition) is 1. The minimum absolute atomic E-state index is 0.537. The molecule has 0 fully saturated rings. The second-order valence-electron chi connectivity index (χ2n) is 4.20. The Balaban J connectivity index is 2.66. The van der Waals surface area contributed by atoms with Gasteiger partial charge < -0.3 is 5.32 Å². The molecule has 0 heterocycles. The maximum absolute atomic E-state index is 3.64. The van der Waals surface area contributed by atoms with E-state index in [2.05, 4.69) is 66.0 Å². The predicted octanol–water partition coefficient (Wildman–Crippen LogP) is 4.52. The molecule has 1 aromatic carbocycles. The van der Waals surface area contributed by atoms with Crippen LogP contribution in [0.2, 0.25) is 0 Å². The molecule has 1 N–H and O–H groups in total. The van der Waals surface area contributed by atoms with Crippen molar-refractivity contribution in [2.24, 2.45) is 0 Å². The Hall–Kier alpha value is -0.0900. The third-order valence-electron chi connectivity index (χ3n) is 2.74. The first kappa shape index (κ1) is 14.0. The van der Waals surface area contributed by atoms with Crippen LogP contribution in [-0.4, -0.2) is 6.54 Å². The standard InChI is InChI=1S/C14H22IN/c1-3-5-9-14(16-10-4-2)12-7-6-8-13(15)11-12/h6-8,11,14,16H,3-5,9-10H2,1-2H3.